The number of fused-ring (bicyclic) bond motifs is 1. The third-order valence-electron chi connectivity index (χ3n) is 4.47. The molecule has 1 aromatic carbocycles. The van der Waals surface area contributed by atoms with E-state index >= 15 is 0 Å². The average Bonchev–Trinajstić information content (AvgIpc) is 3.43. The highest BCUT2D eigenvalue weighted by atomic mass is 32.2. The van der Waals surface area contributed by atoms with Crippen LogP contribution in [0.25, 0.3) is 21.6 Å². The third kappa shape index (κ3) is 3.28. The van der Waals surface area contributed by atoms with E-state index < -0.39 is 0 Å². The van der Waals surface area contributed by atoms with Crippen molar-refractivity contribution in [2.45, 2.75) is 29.8 Å². The Morgan fingerprint density at radius 2 is 1.96 bits per heavy atom. The highest BCUT2D eigenvalue weighted by Gasteiger charge is 2.28. The van der Waals surface area contributed by atoms with Crippen LogP contribution in [-0.4, -0.2) is 19.5 Å². The predicted octanol–water partition coefficient (Wildman–Crippen LogP) is 4.54. The second-order valence-electron chi connectivity index (χ2n) is 6.47. The first-order chi connectivity index (χ1) is 13.3. The first-order valence-corrected chi connectivity index (χ1v) is 10.7. The number of benzene rings is 1. The van der Waals surface area contributed by atoms with Gasteiger partial charge in [-0.15, -0.1) is 11.3 Å². The minimum Gasteiger partial charge on any atom is -0.284 e. The number of thiazole rings is 1. The molecule has 0 spiro atoms. The van der Waals surface area contributed by atoms with E-state index in [1.54, 1.807) is 29.3 Å². The van der Waals surface area contributed by atoms with Crippen molar-refractivity contribution in [3.63, 3.8) is 0 Å². The lowest BCUT2D eigenvalue weighted by Crippen LogP contribution is -2.22. The van der Waals surface area contributed by atoms with Crippen LogP contribution in [0.15, 0.2) is 64.0 Å². The number of thioether (sulfide) groups is 1. The van der Waals surface area contributed by atoms with Crippen molar-refractivity contribution < 1.29 is 0 Å². The molecule has 1 saturated carbocycles. The lowest BCUT2D eigenvalue weighted by atomic mass is 10.2. The summed E-state index contributed by atoms with van der Waals surface area (Å²) in [5, 5.41) is 4.45. The highest BCUT2D eigenvalue weighted by Crippen LogP contribution is 2.37. The Morgan fingerprint density at radius 1 is 1.11 bits per heavy atom. The van der Waals surface area contributed by atoms with Crippen LogP contribution in [0.2, 0.25) is 0 Å². The molecule has 0 unspecified atom stereocenters. The summed E-state index contributed by atoms with van der Waals surface area (Å²) in [6.45, 7) is 0. The Morgan fingerprint density at radius 3 is 2.78 bits per heavy atom. The smallest absolute Gasteiger partial charge is 0.262 e. The molecule has 7 heteroatoms. The molecule has 4 aromatic rings. The fourth-order valence-electron chi connectivity index (χ4n) is 3.00. The van der Waals surface area contributed by atoms with Gasteiger partial charge in [0.1, 0.15) is 5.01 Å². The van der Waals surface area contributed by atoms with E-state index in [4.69, 9.17) is 9.97 Å². The minimum atomic E-state index is 0.0676. The summed E-state index contributed by atoms with van der Waals surface area (Å²) in [4.78, 5) is 26.7. The lowest BCUT2D eigenvalue weighted by molar-refractivity contribution is 0.618. The number of pyridine rings is 1. The SMILES string of the molecule is O=c1c2ccccc2nc(SCc2csc(-c3ccccn3)n2)n1C1CC1. The molecule has 0 radical (unpaired) electrons. The van der Waals surface area contributed by atoms with Crippen molar-refractivity contribution in [3.05, 3.63) is 70.1 Å². The molecule has 1 aliphatic rings. The number of hydrogen-bond acceptors (Lipinski definition) is 6. The van der Waals surface area contributed by atoms with Crippen LogP contribution in [0.5, 0.6) is 0 Å². The molecule has 1 fully saturated rings. The number of hydrogen-bond donors (Lipinski definition) is 0. The molecule has 5 nitrogen and oxygen atoms in total. The van der Waals surface area contributed by atoms with Gasteiger partial charge in [-0.05, 0) is 37.1 Å². The van der Waals surface area contributed by atoms with Gasteiger partial charge in [0.25, 0.3) is 5.56 Å². The van der Waals surface area contributed by atoms with Crippen molar-refractivity contribution >= 4 is 34.0 Å². The Kier molecular flexibility index (Phi) is 4.26. The molecule has 0 amide bonds. The van der Waals surface area contributed by atoms with Gasteiger partial charge in [0, 0.05) is 23.4 Å². The van der Waals surface area contributed by atoms with E-state index in [0.717, 1.165) is 39.9 Å². The molecule has 0 N–H and O–H groups in total. The van der Waals surface area contributed by atoms with Crippen molar-refractivity contribution in [2.24, 2.45) is 0 Å². The van der Waals surface area contributed by atoms with E-state index in [1.807, 2.05) is 47.0 Å². The van der Waals surface area contributed by atoms with Crippen molar-refractivity contribution in [1.82, 2.24) is 19.5 Å². The van der Waals surface area contributed by atoms with Crippen LogP contribution in [0, 0.1) is 0 Å². The topological polar surface area (TPSA) is 60.7 Å². The van der Waals surface area contributed by atoms with E-state index in [1.165, 1.54) is 0 Å². The summed E-state index contributed by atoms with van der Waals surface area (Å²) in [5.41, 5.74) is 2.69. The van der Waals surface area contributed by atoms with Gasteiger partial charge in [0.15, 0.2) is 5.16 Å². The van der Waals surface area contributed by atoms with Crippen molar-refractivity contribution in [1.29, 1.82) is 0 Å². The largest absolute Gasteiger partial charge is 0.284 e. The lowest BCUT2D eigenvalue weighted by Gasteiger charge is -2.11. The van der Waals surface area contributed by atoms with Gasteiger partial charge in [-0.3, -0.25) is 14.3 Å². The summed E-state index contributed by atoms with van der Waals surface area (Å²) < 4.78 is 1.87. The number of rotatable bonds is 5. The Hall–Kier alpha value is -2.51. The maximum Gasteiger partial charge on any atom is 0.262 e. The van der Waals surface area contributed by atoms with E-state index in [2.05, 4.69) is 10.4 Å². The molecule has 3 aromatic heterocycles. The van der Waals surface area contributed by atoms with Gasteiger partial charge in [-0.1, -0.05) is 30.0 Å². The molecule has 0 bridgehead atoms. The van der Waals surface area contributed by atoms with Crippen LogP contribution < -0.4 is 5.56 Å². The molecule has 1 aliphatic carbocycles. The second kappa shape index (κ2) is 6.90. The zero-order chi connectivity index (χ0) is 18.2. The van der Waals surface area contributed by atoms with E-state index in [0.29, 0.717) is 11.1 Å². The van der Waals surface area contributed by atoms with Gasteiger partial charge in [-0.2, -0.15) is 0 Å². The van der Waals surface area contributed by atoms with Crippen LogP contribution in [-0.2, 0) is 5.75 Å². The molecule has 5 rings (SSSR count). The summed E-state index contributed by atoms with van der Waals surface area (Å²) in [7, 11) is 0. The molecule has 0 atom stereocenters. The summed E-state index contributed by atoms with van der Waals surface area (Å²) >= 11 is 3.17. The second-order valence-corrected chi connectivity index (χ2v) is 8.27. The normalized spacial score (nSPS) is 13.9. The fraction of sp³-hybridized carbons (Fsp3) is 0.200. The van der Waals surface area contributed by atoms with E-state index in [-0.39, 0.29) is 11.6 Å². The standard InChI is InChI=1S/C20H16N4OS2/c25-19-15-5-1-2-6-16(15)23-20(24(19)14-8-9-14)27-12-13-11-26-18(22-13)17-7-3-4-10-21-17/h1-7,10-11,14H,8-9,12H2. The number of para-hydroxylation sites is 1. The van der Waals surface area contributed by atoms with Gasteiger partial charge in [0.05, 0.1) is 22.3 Å². The Balaban J connectivity index is 1.44. The monoisotopic (exact) mass is 392 g/mol. The number of aromatic nitrogens is 4. The minimum absolute atomic E-state index is 0.0676. The van der Waals surface area contributed by atoms with Gasteiger partial charge >= 0.3 is 0 Å². The van der Waals surface area contributed by atoms with Crippen LogP contribution in [0.3, 0.4) is 0 Å². The van der Waals surface area contributed by atoms with Crippen LogP contribution in [0.4, 0.5) is 0 Å². The molecular weight excluding hydrogens is 376 g/mol. The molecule has 134 valence electrons. The van der Waals surface area contributed by atoms with E-state index in [9.17, 15) is 4.79 Å². The average molecular weight is 393 g/mol. The molecule has 27 heavy (non-hydrogen) atoms. The zero-order valence-corrected chi connectivity index (χ0v) is 16.0. The summed E-state index contributed by atoms with van der Waals surface area (Å²) in [6, 6.07) is 13.7. The maximum atomic E-state index is 12.9. The van der Waals surface area contributed by atoms with Crippen molar-refractivity contribution in [3.8, 4) is 10.7 Å². The van der Waals surface area contributed by atoms with Crippen LogP contribution >= 0.6 is 23.1 Å². The molecular formula is C20H16N4OS2. The van der Waals surface area contributed by atoms with Gasteiger partial charge in [-0.25, -0.2) is 9.97 Å². The van der Waals surface area contributed by atoms with Gasteiger partial charge in [0.2, 0.25) is 0 Å². The third-order valence-corrected chi connectivity index (χ3v) is 6.37. The van der Waals surface area contributed by atoms with Crippen molar-refractivity contribution in [2.75, 3.05) is 0 Å². The Bertz CT molecular complexity index is 1170. The zero-order valence-electron chi connectivity index (χ0n) is 14.4. The maximum absolute atomic E-state index is 12.9. The highest BCUT2D eigenvalue weighted by molar-refractivity contribution is 7.98. The Labute approximate surface area is 164 Å². The van der Waals surface area contributed by atoms with Crippen LogP contribution in [0.1, 0.15) is 24.6 Å². The quantitative estimate of drug-likeness (QED) is 0.368. The molecule has 0 aliphatic heterocycles. The molecule has 0 saturated heterocycles. The fourth-order valence-corrected chi connectivity index (χ4v) is 4.86. The molecule has 3 heterocycles. The van der Waals surface area contributed by atoms with Gasteiger partial charge < -0.3 is 0 Å². The number of nitrogens with zero attached hydrogens (tertiary/aromatic N) is 4. The first kappa shape index (κ1) is 16.6. The first-order valence-electron chi connectivity index (χ1n) is 8.79. The predicted molar refractivity (Wildman–Crippen MR) is 109 cm³/mol. The summed E-state index contributed by atoms with van der Waals surface area (Å²) in [5.74, 6) is 0.681. The summed E-state index contributed by atoms with van der Waals surface area (Å²) in [6.07, 6.45) is 3.88.